The summed E-state index contributed by atoms with van der Waals surface area (Å²) >= 11 is 0. The number of para-hydroxylation sites is 1. The predicted octanol–water partition coefficient (Wildman–Crippen LogP) is 2.85. The number of hydrogen-bond acceptors (Lipinski definition) is 3. The number of H-pyrrole nitrogens is 1. The van der Waals surface area contributed by atoms with Crippen LogP contribution in [0.2, 0.25) is 0 Å². The van der Waals surface area contributed by atoms with Gasteiger partial charge in [-0.05, 0) is 36.3 Å². The maximum absolute atomic E-state index is 10.2. The molecule has 4 nitrogen and oxygen atoms in total. The second-order valence-corrected chi connectivity index (χ2v) is 7.52. The van der Waals surface area contributed by atoms with Crippen molar-refractivity contribution >= 4 is 10.9 Å². The number of ether oxygens (including phenoxy) is 1. The molecule has 24 heavy (non-hydrogen) atoms. The Morgan fingerprint density at radius 1 is 1.33 bits per heavy atom. The summed E-state index contributed by atoms with van der Waals surface area (Å²) in [7, 11) is 0. The average molecular weight is 324 g/mol. The van der Waals surface area contributed by atoms with Crippen LogP contribution < -0.4 is 0 Å². The van der Waals surface area contributed by atoms with Crippen molar-refractivity contribution in [2.24, 2.45) is 17.8 Å². The van der Waals surface area contributed by atoms with E-state index in [1.807, 2.05) is 6.08 Å². The van der Waals surface area contributed by atoms with E-state index in [9.17, 15) is 5.11 Å². The molecule has 0 bridgehead atoms. The number of aliphatic hydroxyl groups excluding tert-OH is 1. The Labute approximate surface area is 142 Å². The molecule has 0 amide bonds. The van der Waals surface area contributed by atoms with E-state index in [4.69, 9.17) is 4.74 Å². The summed E-state index contributed by atoms with van der Waals surface area (Å²) in [6, 6.07) is 9.06. The zero-order valence-corrected chi connectivity index (χ0v) is 13.8. The molecule has 5 atom stereocenters. The van der Waals surface area contributed by atoms with Crippen LogP contribution in [0, 0.1) is 17.8 Å². The molecule has 5 unspecified atom stereocenters. The van der Waals surface area contributed by atoms with Crippen LogP contribution in [0.15, 0.2) is 36.9 Å². The van der Waals surface area contributed by atoms with Crippen LogP contribution in [0.1, 0.15) is 23.7 Å². The third-order valence-electron chi connectivity index (χ3n) is 6.42. The summed E-state index contributed by atoms with van der Waals surface area (Å²) in [6.45, 7) is 6.78. The molecule has 2 aromatic rings. The largest absolute Gasteiger partial charge is 0.367 e. The Morgan fingerprint density at radius 3 is 3.08 bits per heavy atom. The number of nitrogens with one attached hydrogen (secondary N) is 1. The van der Waals surface area contributed by atoms with Crippen LogP contribution in [-0.2, 0) is 11.2 Å². The van der Waals surface area contributed by atoms with Crippen molar-refractivity contribution in [2.45, 2.75) is 25.2 Å². The number of aromatic nitrogens is 1. The van der Waals surface area contributed by atoms with E-state index in [2.05, 4.69) is 40.7 Å². The SMILES string of the molecule is C=CC1C(O)OCC2CN3CCc4c([nH]c5ccccc45)C3CC21. The monoisotopic (exact) mass is 324 g/mol. The minimum atomic E-state index is -0.693. The van der Waals surface area contributed by atoms with Gasteiger partial charge in [-0.3, -0.25) is 4.90 Å². The highest BCUT2D eigenvalue weighted by Gasteiger charge is 2.46. The average Bonchev–Trinajstić information content (AvgIpc) is 2.99. The molecule has 0 aliphatic carbocycles. The zero-order valence-electron chi connectivity index (χ0n) is 13.8. The molecule has 3 aliphatic heterocycles. The van der Waals surface area contributed by atoms with Gasteiger partial charge in [-0.25, -0.2) is 0 Å². The van der Waals surface area contributed by atoms with Gasteiger partial charge in [-0.2, -0.15) is 0 Å². The fraction of sp³-hybridized carbons (Fsp3) is 0.500. The number of aliphatic hydroxyl groups is 1. The molecule has 4 heteroatoms. The van der Waals surface area contributed by atoms with Gasteiger partial charge in [0.1, 0.15) is 0 Å². The smallest absolute Gasteiger partial charge is 0.161 e. The molecule has 126 valence electrons. The summed E-state index contributed by atoms with van der Waals surface area (Å²) in [6.07, 6.45) is 3.39. The molecule has 0 radical (unpaired) electrons. The molecular formula is C20H24N2O2. The first kappa shape index (κ1) is 14.7. The van der Waals surface area contributed by atoms with Gasteiger partial charge in [-0.1, -0.05) is 24.3 Å². The molecule has 2 N–H and O–H groups in total. The van der Waals surface area contributed by atoms with Gasteiger partial charge in [0.05, 0.1) is 12.6 Å². The highest BCUT2D eigenvalue weighted by atomic mass is 16.6. The molecule has 0 spiro atoms. The van der Waals surface area contributed by atoms with Gasteiger partial charge in [-0.15, -0.1) is 6.58 Å². The highest BCUT2D eigenvalue weighted by molar-refractivity contribution is 5.85. The third-order valence-corrected chi connectivity index (χ3v) is 6.42. The van der Waals surface area contributed by atoms with Crippen molar-refractivity contribution in [1.82, 2.24) is 9.88 Å². The number of rotatable bonds is 1. The summed E-state index contributed by atoms with van der Waals surface area (Å²) in [5.41, 5.74) is 4.14. The van der Waals surface area contributed by atoms with Crippen molar-refractivity contribution in [3.63, 3.8) is 0 Å². The van der Waals surface area contributed by atoms with Crippen molar-refractivity contribution in [3.05, 3.63) is 48.2 Å². The van der Waals surface area contributed by atoms with Gasteiger partial charge in [0, 0.05) is 35.6 Å². The lowest BCUT2D eigenvalue weighted by Crippen LogP contribution is -2.53. The first-order chi connectivity index (χ1) is 11.8. The van der Waals surface area contributed by atoms with E-state index >= 15 is 0 Å². The minimum Gasteiger partial charge on any atom is -0.367 e. The fourth-order valence-electron chi connectivity index (χ4n) is 5.22. The van der Waals surface area contributed by atoms with Crippen molar-refractivity contribution in [3.8, 4) is 0 Å². The summed E-state index contributed by atoms with van der Waals surface area (Å²) < 4.78 is 5.60. The van der Waals surface area contributed by atoms with Crippen LogP contribution in [0.3, 0.4) is 0 Å². The molecular weight excluding hydrogens is 300 g/mol. The van der Waals surface area contributed by atoms with Crippen LogP contribution in [0.25, 0.3) is 10.9 Å². The summed E-state index contributed by atoms with van der Waals surface area (Å²) in [5, 5.41) is 11.6. The van der Waals surface area contributed by atoms with E-state index in [-0.39, 0.29) is 5.92 Å². The summed E-state index contributed by atoms with van der Waals surface area (Å²) in [4.78, 5) is 6.30. The van der Waals surface area contributed by atoms with Crippen molar-refractivity contribution in [1.29, 1.82) is 0 Å². The lowest BCUT2D eigenvalue weighted by molar-refractivity contribution is -0.200. The van der Waals surface area contributed by atoms with E-state index in [1.54, 1.807) is 0 Å². The Hall–Kier alpha value is -1.62. The Balaban J connectivity index is 1.54. The normalized spacial score (nSPS) is 36.0. The van der Waals surface area contributed by atoms with Crippen LogP contribution in [-0.4, -0.2) is 41.0 Å². The van der Waals surface area contributed by atoms with Gasteiger partial charge >= 0.3 is 0 Å². The first-order valence-electron chi connectivity index (χ1n) is 9.02. The highest BCUT2D eigenvalue weighted by Crippen LogP contribution is 2.47. The second-order valence-electron chi connectivity index (χ2n) is 7.52. The quantitative estimate of drug-likeness (QED) is 0.793. The number of fused-ring (bicyclic) bond motifs is 6. The molecule has 2 fully saturated rings. The number of piperidine rings is 1. The van der Waals surface area contributed by atoms with Crippen LogP contribution in [0.4, 0.5) is 0 Å². The van der Waals surface area contributed by atoms with Crippen LogP contribution in [0.5, 0.6) is 0 Å². The molecule has 0 saturated carbocycles. The zero-order chi connectivity index (χ0) is 16.3. The molecule has 1 aromatic carbocycles. The van der Waals surface area contributed by atoms with E-state index in [0.717, 1.165) is 25.9 Å². The van der Waals surface area contributed by atoms with Crippen molar-refractivity contribution in [2.75, 3.05) is 19.7 Å². The number of aromatic amines is 1. The number of benzene rings is 1. The van der Waals surface area contributed by atoms with E-state index in [0.29, 0.717) is 24.5 Å². The number of nitrogens with zero attached hydrogens (tertiary/aromatic N) is 1. The standard InChI is InChI=1S/C20H24N2O2/c1-2-13-16-9-18-19-15(14-5-3-4-6-17(14)21-19)7-8-22(18)10-12(16)11-24-20(13)23/h2-6,12-13,16,18,20-21,23H,1,7-11H2. The molecule has 1 aromatic heterocycles. The van der Waals surface area contributed by atoms with E-state index < -0.39 is 6.29 Å². The molecule has 3 aliphatic rings. The van der Waals surface area contributed by atoms with Gasteiger partial charge in [0.15, 0.2) is 6.29 Å². The topological polar surface area (TPSA) is 48.5 Å². The second kappa shape index (κ2) is 5.45. The van der Waals surface area contributed by atoms with Gasteiger partial charge in [0.25, 0.3) is 0 Å². The summed E-state index contributed by atoms with van der Waals surface area (Å²) in [5.74, 6) is 0.990. The Kier molecular flexibility index (Phi) is 3.34. The van der Waals surface area contributed by atoms with E-state index in [1.165, 1.54) is 22.2 Å². The first-order valence-corrected chi connectivity index (χ1v) is 9.02. The van der Waals surface area contributed by atoms with Crippen LogP contribution >= 0.6 is 0 Å². The lowest BCUT2D eigenvalue weighted by Gasteiger charge is -2.50. The molecule has 2 saturated heterocycles. The van der Waals surface area contributed by atoms with Crippen molar-refractivity contribution < 1.29 is 9.84 Å². The van der Waals surface area contributed by atoms with Gasteiger partial charge < -0.3 is 14.8 Å². The van der Waals surface area contributed by atoms with Gasteiger partial charge in [0.2, 0.25) is 0 Å². The Morgan fingerprint density at radius 2 is 2.21 bits per heavy atom. The third kappa shape index (κ3) is 2.03. The fourth-order valence-corrected chi connectivity index (χ4v) is 5.22. The Bertz CT molecular complexity index is 783. The maximum atomic E-state index is 10.2. The minimum absolute atomic E-state index is 0.0423. The maximum Gasteiger partial charge on any atom is 0.161 e. The molecule has 5 rings (SSSR count). The lowest BCUT2D eigenvalue weighted by atomic mass is 9.71. The predicted molar refractivity (Wildman–Crippen MR) is 93.6 cm³/mol. The number of hydrogen-bond donors (Lipinski definition) is 2. The molecule has 4 heterocycles.